The van der Waals surface area contributed by atoms with Crippen LogP contribution in [0.25, 0.3) is 0 Å². The van der Waals surface area contributed by atoms with Gasteiger partial charge in [0.25, 0.3) is 11.5 Å². The number of carbonyl (C=O) groups is 1. The van der Waals surface area contributed by atoms with Crippen LogP contribution in [0.1, 0.15) is 49.2 Å². The fraction of sp³-hybridized carbons (Fsp3) is 0.625. The Balaban J connectivity index is 2.47. The topological polar surface area (TPSA) is 60.3 Å². The van der Waals surface area contributed by atoms with Gasteiger partial charge in [-0.15, -0.1) is 0 Å². The molecule has 1 aromatic heterocycles. The Kier molecular flexibility index (Phi) is 5.04. The molecule has 0 spiro atoms. The van der Waals surface area contributed by atoms with E-state index >= 15 is 0 Å². The molecule has 116 valence electrons. The molecule has 0 bridgehead atoms. The van der Waals surface area contributed by atoms with Gasteiger partial charge in [0.2, 0.25) is 0 Å². The van der Waals surface area contributed by atoms with Gasteiger partial charge in [0.05, 0.1) is 7.11 Å². The van der Waals surface area contributed by atoms with Crippen LogP contribution in [0, 0.1) is 5.92 Å². The number of ether oxygens (including phenoxy) is 1. The Morgan fingerprint density at radius 1 is 1.38 bits per heavy atom. The van der Waals surface area contributed by atoms with Gasteiger partial charge < -0.3 is 14.6 Å². The van der Waals surface area contributed by atoms with Gasteiger partial charge in [0.1, 0.15) is 11.3 Å². The van der Waals surface area contributed by atoms with Crippen molar-refractivity contribution in [2.24, 2.45) is 5.92 Å². The summed E-state index contributed by atoms with van der Waals surface area (Å²) in [5.74, 6) is 0.616. The Morgan fingerprint density at radius 3 is 2.81 bits per heavy atom. The first kappa shape index (κ1) is 15.6. The average molecular weight is 292 g/mol. The molecular weight excluding hydrogens is 268 g/mol. The van der Waals surface area contributed by atoms with Crippen molar-refractivity contribution in [1.29, 1.82) is 0 Å². The third-order valence-electron chi connectivity index (χ3n) is 3.79. The highest BCUT2D eigenvalue weighted by Gasteiger charge is 2.23. The number of amides is 1. The number of hydrogen-bond donors (Lipinski definition) is 1. The van der Waals surface area contributed by atoms with E-state index in [2.05, 4.69) is 5.32 Å². The second-order valence-corrected chi connectivity index (χ2v) is 5.94. The summed E-state index contributed by atoms with van der Waals surface area (Å²) in [6.45, 7) is 5.39. The number of carbonyl (C=O) groups excluding carboxylic acids is 1. The number of methoxy groups -OCH3 is 1. The number of nitrogens with one attached hydrogen (secondary N) is 1. The van der Waals surface area contributed by atoms with E-state index in [9.17, 15) is 9.59 Å². The van der Waals surface area contributed by atoms with Crippen molar-refractivity contribution < 1.29 is 9.53 Å². The molecular formula is C16H24N2O3. The predicted molar refractivity (Wildman–Crippen MR) is 82.0 cm³/mol. The maximum absolute atomic E-state index is 12.5. The van der Waals surface area contributed by atoms with E-state index in [1.807, 2.05) is 13.8 Å². The second-order valence-electron chi connectivity index (χ2n) is 5.94. The molecule has 5 nitrogen and oxygen atoms in total. The summed E-state index contributed by atoms with van der Waals surface area (Å²) in [6.07, 6.45) is 3.80. The van der Waals surface area contributed by atoms with E-state index in [0.717, 1.165) is 31.4 Å². The van der Waals surface area contributed by atoms with E-state index in [1.54, 1.807) is 4.57 Å². The highest BCUT2D eigenvalue weighted by molar-refractivity contribution is 5.98. The van der Waals surface area contributed by atoms with Crippen LogP contribution in [-0.4, -0.2) is 24.1 Å². The van der Waals surface area contributed by atoms with Crippen molar-refractivity contribution >= 4 is 5.91 Å². The minimum absolute atomic E-state index is 0.0795. The van der Waals surface area contributed by atoms with Crippen molar-refractivity contribution in [3.05, 3.63) is 27.7 Å². The van der Waals surface area contributed by atoms with Crippen LogP contribution < -0.4 is 15.6 Å². The summed E-state index contributed by atoms with van der Waals surface area (Å²) in [4.78, 5) is 24.7. The first-order valence-corrected chi connectivity index (χ1v) is 7.63. The molecule has 0 aliphatic carbocycles. The van der Waals surface area contributed by atoms with E-state index in [1.165, 1.54) is 13.2 Å². The zero-order valence-corrected chi connectivity index (χ0v) is 13.1. The molecule has 0 fully saturated rings. The number of rotatable bonds is 4. The van der Waals surface area contributed by atoms with Gasteiger partial charge in [-0.2, -0.15) is 0 Å². The molecule has 1 aliphatic heterocycles. The Bertz CT molecular complexity index is 576. The lowest BCUT2D eigenvalue weighted by molar-refractivity contribution is 0.0943. The number of aromatic nitrogens is 1. The zero-order chi connectivity index (χ0) is 15.4. The molecule has 2 rings (SSSR count). The average Bonchev–Trinajstić information content (AvgIpc) is 2.70. The standard InChI is InChI=1S/C16H24N2O3/c1-11(2)10-17-16(20)15-12-7-5-4-6-8-18(12)14(19)9-13(15)21-3/h9,11H,4-8,10H2,1-3H3,(H,17,20). The van der Waals surface area contributed by atoms with Gasteiger partial charge in [-0.1, -0.05) is 20.3 Å². The minimum atomic E-state index is -0.147. The fourth-order valence-corrected chi connectivity index (χ4v) is 2.71. The molecule has 0 saturated carbocycles. The van der Waals surface area contributed by atoms with Gasteiger partial charge in [-0.05, 0) is 25.2 Å². The third kappa shape index (κ3) is 3.46. The number of fused-ring (bicyclic) bond motifs is 1. The van der Waals surface area contributed by atoms with Crippen molar-refractivity contribution in [3.8, 4) is 5.75 Å². The normalized spacial score (nSPS) is 14.5. The lowest BCUT2D eigenvalue weighted by Crippen LogP contribution is -2.32. The molecule has 2 heterocycles. The number of pyridine rings is 1. The van der Waals surface area contributed by atoms with Crippen molar-refractivity contribution in [3.63, 3.8) is 0 Å². The lowest BCUT2D eigenvalue weighted by Gasteiger charge is -2.18. The molecule has 1 aromatic rings. The molecule has 1 aliphatic rings. The van der Waals surface area contributed by atoms with E-state index in [4.69, 9.17) is 4.74 Å². The summed E-state index contributed by atoms with van der Waals surface area (Å²) in [5, 5.41) is 2.93. The highest BCUT2D eigenvalue weighted by atomic mass is 16.5. The Labute approximate surface area is 125 Å². The van der Waals surface area contributed by atoms with Crippen LogP contribution in [0.4, 0.5) is 0 Å². The summed E-state index contributed by atoms with van der Waals surface area (Å²) in [7, 11) is 1.50. The van der Waals surface area contributed by atoms with Crippen LogP contribution >= 0.6 is 0 Å². The summed E-state index contributed by atoms with van der Waals surface area (Å²) < 4.78 is 7.02. The summed E-state index contributed by atoms with van der Waals surface area (Å²) in [6, 6.07) is 1.43. The third-order valence-corrected chi connectivity index (χ3v) is 3.79. The largest absolute Gasteiger partial charge is 0.496 e. The summed E-state index contributed by atoms with van der Waals surface area (Å²) >= 11 is 0. The van der Waals surface area contributed by atoms with Crippen LogP contribution in [0.2, 0.25) is 0 Å². The second kappa shape index (κ2) is 6.78. The van der Waals surface area contributed by atoms with Crippen molar-refractivity contribution in [1.82, 2.24) is 9.88 Å². The van der Waals surface area contributed by atoms with E-state index in [0.29, 0.717) is 30.3 Å². The number of hydrogen-bond acceptors (Lipinski definition) is 3. The first-order chi connectivity index (χ1) is 10.0. The quantitative estimate of drug-likeness (QED) is 0.923. The van der Waals surface area contributed by atoms with Crippen LogP contribution in [0.15, 0.2) is 10.9 Å². The van der Waals surface area contributed by atoms with E-state index < -0.39 is 0 Å². The molecule has 0 unspecified atom stereocenters. The smallest absolute Gasteiger partial charge is 0.256 e. The Morgan fingerprint density at radius 2 is 2.14 bits per heavy atom. The first-order valence-electron chi connectivity index (χ1n) is 7.63. The maximum Gasteiger partial charge on any atom is 0.256 e. The minimum Gasteiger partial charge on any atom is -0.496 e. The fourth-order valence-electron chi connectivity index (χ4n) is 2.71. The SMILES string of the molecule is COc1cc(=O)n2c(c1C(=O)NCC(C)C)CCCCC2. The van der Waals surface area contributed by atoms with Gasteiger partial charge in [-0.25, -0.2) is 0 Å². The van der Waals surface area contributed by atoms with Crippen LogP contribution in [0.3, 0.4) is 0 Å². The highest BCUT2D eigenvalue weighted by Crippen LogP contribution is 2.24. The molecule has 5 heteroatoms. The number of nitrogens with zero attached hydrogens (tertiary/aromatic N) is 1. The molecule has 1 amide bonds. The molecule has 21 heavy (non-hydrogen) atoms. The summed E-state index contributed by atoms with van der Waals surface area (Å²) in [5.41, 5.74) is 1.27. The van der Waals surface area contributed by atoms with Crippen LogP contribution in [0.5, 0.6) is 5.75 Å². The molecule has 0 aromatic carbocycles. The zero-order valence-electron chi connectivity index (χ0n) is 13.1. The van der Waals surface area contributed by atoms with Gasteiger partial charge in [-0.3, -0.25) is 9.59 Å². The van der Waals surface area contributed by atoms with E-state index in [-0.39, 0.29) is 11.5 Å². The molecule has 0 atom stereocenters. The van der Waals surface area contributed by atoms with Crippen molar-refractivity contribution in [2.45, 2.75) is 46.1 Å². The van der Waals surface area contributed by atoms with Crippen LogP contribution in [-0.2, 0) is 13.0 Å². The monoisotopic (exact) mass is 292 g/mol. The van der Waals surface area contributed by atoms with Crippen molar-refractivity contribution in [2.75, 3.05) is 13.7 Å². The predicted octanol–water partition coefficient (Wildman–Crippen LogP) is 1.97. The molecule has 0 saturated heterocycles. The molecule has 0 radical (unpaired) electrons. The van der Waals surface area contributed by atoms with Gasteiger partial charge in [0.15, 0.2) is 0 Å². The Hall–Kier alpha value is -1.78. The van der Waals surface area contributed by atoms with Gasteiger partial charge >= 0.3 is 0 Å². The molecule has 1 N–H and O–H groups in total. The maximum atomic E-state index is 12.5. The lowest BCUT2D eigenvalue weighted by atomic mass is 10.1. The van der Waals surface area contributed by atoms with Gasteiger partial charge in [0, 0.05) is 24.8 Å².